The Labute approximate surface area is 66.0 Å². The lowest BCUT2D eigenvalue weighted by atomic mass is 10.4. The fraction of sp³-hybridized carbons (Fsp3) is 0.833. The average Bonchev–Trinajstić information content (AvgIpc) is 1.85. The van der Waals surface area contributed by atoms with E-state index in [0.29, 0.717) is 6.54 Å². The maximum absolute atomic E-state index is 10.2. The molecule has 0 aliphatic heterocycles. The number of likely N-dealkylation sites (N-methyl/N-ethyl adjacent to an activating group) is 1. The minimum Gasteiger partial charge on any atom is -0.445 e. The van der Waals surface area contributed by atoms with E-state index in [2.05, 4.69) is 4.74 Å². The lowest BCUT2D eigenvalue weighted by Gasteiger charge is -2.17. The van der Waals surface area contributed by atoms with E-state index in [9.17, 15) is 4.79 Å². The summed E-state index contributed by atoms with van der Waals surface area (Å²) >= 11 is 0. The number of rotatable bonds is 4. The summed E-state index contributed by atoms with van der Waals surface area (Å²) in [7, 11) is 3.28. The summed E-state index contributed by atoms with van der Waals surface area (Å²) in [5, 5.41) is 1.55. The summed E-state index contributed by atoms with van der Waals surface area (Å²) < 4.78 is 4.64. The zero-order chi connectivity index (χ0) is 8.85. The predicted molar refractivity (Wildman–Crippen MR) is 39.8 cm³/mol. The lowest BCUT2D eigenvalue weighted by molar-refractivity contribution is -0.125. The normalized spacial score (nSPS) is 13.1. The molecule has 0 aromatic rings. The van der Waals surface area contributed by atoms with Gasteiger partial charge in [0, 0.05) is 7.05 Å². The molecule has 0 aromatic carbocycles. The van der Waals surface area contributed by atoms with Crippen LogP contribution < -0.4 is 5.73 Å². The first-order valence-corrected chi connectivity index (χ1v) is 3.27. The molecule has 1 unspecified atom stereocenters. The van der Waals surface area contributed by atoms with Gasteiger partial charge < -0.3 is 15.3 Å². The van der Waals surface area contributed by atoms with Crippen molar-refractivity contribution in [1.82, 2.24) is 5.06 Å². The van der Waals surface area contributed by atoms with E-state index < -0.39 is 6.09 Å². The Morgan fingerprint density at radius 3 is 2.64 bits per heavy atom. The van der Waals surface area contributed by atoms with Crippen molar-refractivity contribution >= 4 is 6.09 Å². The van der Waals surface area contributed by atoms with Gasteiger partial charge in [0.05, 0.1) is 13.7 Å². The second-order valence-corrected chi connectivity index (χ2v) is 2.24. The van der Waals surface area contributed by atoms with Crippen molar-refractivity contribution in [2.75, 3.05) is 20.7 Å². The largest absolute Gasteiger partial charge is 0.445 e. The van der Waals surface area contributed by atoms with Gasteiger partial charge in [-0.2, -0.15) is 5.06 Å². The Kier molecular flexibility index (Phi) is 4.56. The predicted octanol–water partition coefficient (Wildman–Crippen LogP) is -0.0366. The number of hydrogen-bond acceptors (Lipinski definition) is 4. The zero-order valence-corrected chi connectivity index (χ0v) is 7.03. The number of nitrogens with two attached hydrogens (primary N) is 1. The summed E-state index contributed by atoms with van der Waals surface area (Å²) in [5.41, 5.74) is 4.79. The van der Waals surface area contributed by atoms with Crippen LogP contribution in [0, 0.1) is 0 Å². The molecule has 5 nitrogen and oxygen atoms in total. The highest BCUT2D eigenvalue weighted by Crippen LogP contribution is 1.93. The first-order chi connectivity index (χ1) is 5.06. The second-order valence-electron chi connectivity index (χ2n) is 2.24. The van der Waals surface area contributed by atoms with Crippen LogP contribution in [0.3, 0.4) is 0 Å². The smallest absolute Gasteiger partial charge is 0.404 e. The fourth-order valence-electron chi connectivity index (χ4n) is 0.672. The summed E-state index contributed by atoms with van der Waals surface area (Å²) in [6.45, 7) is 2.24. The topological polar surface area (TPSA) is 64.8 Å². The summed E-state index contributed by atoms with van der Waals surface area (Å²) in [4.78, 5) is 15.0. The van der Waals surface area contributed by atoms with E-state index in [4.69, 9.17) is 10.6 Å². The first-order valence-electron chi connectivity index (χ1n) is 3.27. The van der Waals surface area contributed by atoms with Crippen LogP contribution in [-0.4, -0.2) is 38.0 Å². The number of ether oxygens (including phenoxy) is 1. The Morgan fingerprint density at radius 2 is 2.27 bits per heavy atom. The molecule has 0 saturated heterocycles. The second kappa shape index (κ2) is 4.92. The SMILES string of the molecule is CON(C)CC(C)OC(N)=O. The number of hydroxylamine groups is 2. The van der Waals surface area contributed by atoms with Gasteiger partial charge in [0.2, 0.25) is 0 Å². The molecule has 0 heterocycles. The average molecular weight is 162 g/mol. The van der Waals surface area contributed by atoms with Crippen LogP contribution in [0.2, 0.25) is 0 Å². The Balaban J connectivity index is 3.51. The van der Waals surface area contributed by atoms with Gasteiger partial charge >= 0.3 is 6.09 Å². The number of amides is 1. The van der Waals surface area contributed by atoms with Gasteiger partial charge in [-0.25, -0.2) is 4.79 Å². The standard InChI is InChI=1S/C6H14N2O3/c1-5(11-6(7)9)4-8(2)10-3/h5H,4H2,1-3H3,(H2,7,9). The highest BCUT2D eigenvalue weighted by atomic mass is 16.7. The molecule has 0 radical (unpaired) electrons. The molecule has 0 rings (SSSR count). The van der Waals surface area contributed by atoms with Crippen LogP contribution in [0.5, 0.6) is 0 Å². The maximum atomic E-state index is 10.2. The Hall–Kier alpha value is -0.810. The summed E-state index contributed by atoms with van der Waals surface area (Å²) in [6.07, 6.45) is -1.01. The van der Waals surface area contributed by atoms with Crippen molar-refractivity contribution < 1.29 is 14.4 Å². The van der Waals surface area contributed by atoms with Gasteiger partial charge in [0.15, 0.2) is 0 Å². The number of hydrogen-bond donors (Lipinski definition) is 1. The van der Waals surface area contributed by atoms with Crippen molar-refractivity contribution in [3.8, 4) is 0 Å². The minimum absolute atomic E-state index is 0.252. The molecule has 0 aromatic heterocycles. The van der Waals surface area contributed by atoms with Crippen molar-refractivity contribution in [2.45, 2.75) is 13.0 Å². The molecule has 5 heteroatoms. The monoisotopic (exact) mass is 162 g/mol. The highest BCUT2D eigenvalue weighted by molar-refractivity contribution is 5.64. The van der Waals surface area contributed by atoms with Gasteiger partial charge in [-0.05, 0) is 6.92 Å². The molecule has 1 amide bonds. The van der Waals surface area contributed by atoms with Gasteiger partial charge in [-0.15, -0.1) is 0 Å². The third kappa shape index (κ3) is 5.63. The van der Waals surface area contributed by atoms with Crippen LogP contribution in [0.25, 0.3) is 0 Å². The van der Waals surface area contributed by atoms with Gasteiger partial charge in [-0.1, -0.05) is 0 Å². The molecule has 11 heavy (non-hydrogen) atoms. The number of primary amides is 1. The minimum atomic E-state index is -0.762. The van der Waals surface area contributed by atoms with Crippen molar-refractivity contribution in [3.63, 3.8) is 0 Å². The molecular weight excluding hydrogens is 148 g/mol. The molecule has 66 valence electrons. The van der Waals surface area contributed by atoms with Crippen LogP contribution >= 0.6 is 0 Å². The molecule has 1 atom stereocenters. The number of carbonyl (C=O) groups is 1. The van der Waals surface area contributed by atoms with E-state index in [1.54, 1.807) is 19.0 Å². The van der Waals surface area contributed by atoms with Crippen molar-refractivity contribution in [1.29, 1.82) is 0 Å². The van der Waals surface area contributed by atoms with Crippen molar-refractivity contribution in [3.05, 3.63) is 0 Å². The third-order valence-corrected chi connectivity index (χ3v) is 1.14. The summed E-state index contributed by atoms with van der Waals surface area (Å²) in [5.74, 6) is 0. The fourth-order valence-corrected chi connectivity index (χ4v) is 0.672. The van der Waals surface area contributed by atoms with E-state index in [-0.39, 0.29) is 6.10 Å². The van der Waals surface area contributed by atoms with E-state index >= 15 is 0 Å². The molecule has 0 spiro atoms. The number of nitrogens with zero attached hydrogens (tertiary/aromatic N) is 1. The van der Waals surface area contributed by atoms with Crippen LogP contribution in [0.15, 0.2) is 0 Å². The number of carbonyl (C=O) groups excluding carboxylic acids is 1. The zero-order valence-electron chi connectivity index (χ0n) is 7.03. The molecule has 0 saturated carbocycles. The quantitative estimate of drug-likeness (QED) is 0.589. The van der Waals surface area contributed by atoms with Crippen LogP contribution in [0.1, 0.15) is 6.92 Å². The molecular formula is C6H14N2O3. The molecule has 0 aliphatic carbocycles. The van der Waals surface area contributed by atoms with E-state index in [1.165, 1.54) is 7.11 Å². The molecule has 2 N–H and O–H groups in total. The Morgan fingerprint density at radius 1 is 1.73 bits per heavy atom. The third-order valence-electron chi connectivity index (χ3n) is 1.14. The van der Waals surface area contributed by atoms with E-state index in [0.717, 1.165) is 0 Å². The van der Waals surface area contributed by atoms with Crippen LogP contribution in [-0.2, 0) is 9.57 Å². The highest BCUT2D eigenvalue weighted by Gasteiger charge is 2.08. The Bertz CT molecular complexity index is 129. The molecule has 0 fully saturated rings. The van der Waals surface area contributed by atoms with Gasteiger partial charge in [0.1, 0.15) is 6.10 Å². The maximum Gasteiger partial charge on any atom is 0.404 e. The summed E-state index contributed by atoms with van der Waals surface area (Å²) in [6, 6.07) is 0. The van der Waals surface area contributed by atoms with E-state index in [1.807, 2.05) is 0 Å². The molecule has 0 bridgehead atoms. The van der Waals surface area contributed by atoms with Crippen molar-refractivity contribution in [2.24, 2.45) is 5.73 Å². The lowest BCUT2D eigenvalue weighted by Crippen LogP contribution is -2.31. The molecule has 0 aliphatic rings. The van der Waals surface area contributed by atoms with Crippen LogP contribution in [0.4, 0.5) is 4.79 Å². The van der Waals surface area contributed by atoms with Gasteiger partial charge in [-0.3, -0.25) is 0 Å². The first kappa shape index (κ1) is 10.2. The van der Waals surface area contributed by atoms with Gasteiger partial charge in [0.25, 0.3) is 0 Å².